The van der Waals surface area contributed by atoms with Crippen molar-refractivity contribution in [3.8, 4) is 0 Å². The summed E-state index contributed by atoms with van der Waals surface area (Å²) in [6.45, 7) is 8.21. The van der Waals surface area contributed by atoms with Crippen molar-refractivity contribution < 1.29 is 9.90 Å². The third-order valence-corrected chi connectivity index (χ3v) is 3.61. The molecule has 0 amide bonds. The number of hydrogen-bond acceptors (Lipinski definition) is 2. The first kappa shape index (κ1) is 18.4. The second-order valence-electron chi connectivity index (χ2n) is 6.23. The highest BCUT2D eigenvalue weighted by Crippen LogP contribution is 2.12. The molecule has 1 N–H and O–H groups in total. The van der Waals surface area contributed by atoms with E-state index in [-0.39, 0.29) is 5.78 Å². The second-order valence-corrected chi connectivity index (χ2v) is 6.23. The molecular formula is C20H28O2. The highest BCUT2D eigenvalue weighted by molar-refractivity contribution is 5.96. The summed E-state index contributed by atoms with van der Waals surface area (Å²) in [6.07, 6.45) is 6.34. The molecule has 0 heterocycles. The van der Waals surface area contributed by atoms with Gasteiger partial charge in [-0.1, -0.05) is 53.1 Å². The molecule has 120 valence electrons. The van der Waals surface area contributed by atoms with Crippen LogP contribution in [-0.2, 0) is 0 Å². The van der Waals surface area contributed by atoms with Crippen LogP contribution in [0.3, 0.4) is 0 Å². The molecule has 1 aromatic rings. The minimum atomic E-state index is -0.541. The maximum absolute atomic E-state index is 12.1. The molecule has 0 aliphatic rings. The summed E-state index contributed by atoms with van der Waals surface area (Å²) in [7, 11) is 0. The number of aliphatic hydroxyl groups excluding tert-OH is 1. The predicted octanol–water partition coefficient (Wildman–Crippen LogP) is 5.01. The van der Waals surface area contributed by atoms with E-state index in [2.05, 4.69) is 19.9 Å². The van der Waals surface area contributed by atoms with Gasteiger partial charge in [0.1, 0.15) is 0 Å². The van der Waals surface area contributed by atoms with Gasteiger partial charge in [-0.25, -0.2) is 0 Å². The number of carbonyl (C=O) groups is 1. The maximum Gasteiger partial charge on any atom is 0.162 e. The molecule has 0 aromatic heterocycles. The molecule has 0 saturated carbocycles. The van der Waals surface area contributed by atoms with E-state index in [1.54, 1.807) is 0 Å². The monoisotopic (exact) mass is 300 g/mol. The summed E-state index contributed by atoms with van der Waals surface area (Å²) in [5, 5.41) is 10.0. The van der Waals surface area contributed by atoms with Crippen LogP contribution in [0, 0.1) is 6.92 Å². The van der Waals surface area contributed by atoms with E-state index >= 15 is 0 Å². The number of aryl methyl sites for hydroxylation is 1. The van der Waals surface area contributed by atoms with Crippen LogP contribution in [0.25, 0.3) is 0 Å². The zero-order valence-electron chi connectivity index (χ0n) is 14.2. The van der Waals surface area contributed by atoms with Crippen molar-refractivity contribution in [2.45, 2.75) is 59.5 Å². The zero-order chi connectivity index (χ0) is 16.5. The lowest BCUT2D eigenvalue weighted by Crippen LogP contribution is -2.08. The van der Waals surface area contributed by atoms with Crippen LogP contribution in [0.15, 0.2) is 47.6 Å². The van der Waals surface area contributed by atoms with E-state index in [1.165, 1.54) is 11.1 Å². The normalized spacial score (nSPS) is 12.9. The molecule has 0 bridgehead atoms. The molecule has 0 radical (unpaired) electrons. The van der Waals surface area contributed by atoms with E-state index in [4.69, 9.17) is 0 Å². The molecule has 0 aliphatic carbocycles. The predicted molar refractivity (Wildman–Crippen MR) is 93.2 cm³/mol. The molecule has 0 aliphatic heterocycles. The summed E-state index contributed by atoms with van der Waals surface area (Å²) in [6, 6.07) is 7.59. The fourth-order valence-electron chi connectivity index (χ4n) is 2.25. The first-order valence-electron chi connectivity index (χ1n) is 7.97. The van der Waals surface area contributed by atoms with Gasteiger partial charge in [-0.15, -0.1) is 0 Å². The van der Waals surface area contributed by atoms with E-state index < -0.39 is 6.10 Å². The Balaban J connectivity index is 2.41. The van der Waals surface area contributed by atoms with Gasteiger partial charge in [0.15, 0.2) is 5.78 Å². The largest absolute Gasteiger partial charge is 0.389 e. The van der Waals surface area contributed by atoms with Crippen LogP contribution in [-0.4, -0.2) is 17.0 Å². The van der Waals surface area contributed by atoms with Crippen LogP contribution in [0.4, 0.5) is 0 Å². The molecule has 0 saturated heterocycles. The van der Waals surface area contributed by atoms with Crippen molar-refractivity contribution in [2.75, 3.05) is 0 Å². The molecule has 1 unspecified atom stereocenters. The Kier molecular flexibility index (Phi) is 7.83. The fourth-order valence-corrected chi connectivity index (χ4v) is 2.25. The molecule has 2 nitrogen and oxygen atoms in total. The minimum absolute atomic E-state index is 0.0923. The SMILES string of the molecule is CC(C)=CCC/C(C)=C/C(O)CCC(=O)c1ccc(C)cc1. The number of ketones is 1. The molecular weight excluding hydrogens is 272 g/mol. The van der Waals surface area contributed by atoms with E-state index in [0.717, 1.165) is 24.0 Å². The van der Waals surface area contributed by atoms with Gasteiger partial charge in [-0.05, 0) is 47.0 Å². The van der Waals surface area contributed by atoms with Crippen molar-refractivity contribution in [3.05, 3.63) is 58.7 Å². The van der Waals surface area contributed by atoms with Crippen LogP contribution in [0.2, 0.25) is 0 Å². The Morgan fingerprint density at radius 2 is 1.77 bits per heavy atom. The van der Waals surface area contributed by atoms with Gasteiger partial charge < -0.3 is 5.11 Å². The lowest BCUT2D eigenvalue weighted by molar-refractivity contribution is 0.0958. The standard InChI is InChI=1S/C20H28O2/c1-15(2)6-5-7-17(4)14-19(21)12-13-20(22)18-10-8-16(3)9-11-18/h6,8-11,14,19,21H,5,7,12-13H2,1-4H3/b17-14+. The Morgan fingerprint density at radius 3 is 2.36 bits per heavy atom. The Labute approximate surface area is 134 Å². The van der Waals surface area contributed by atoms with Gasteiger partial charge in [0, 0.05) is 12.0 Å². The molecule has 22 heavy (non-hydrogen) atoms. The lowest BCUT2D eigenvalue weighted by atomic mass is 10.0. The van der Waals surface area contributed by atoms with Crippen LogP contribution >= 0.6 is 0 Å². The highest BCUT2D eigenvalue weighted by atomic mass is 16.3. The third kappa shape index (κ3) is 7.37. The van der Waals surface area contributed by atoms with Crippen molar-refractivity contribution >= 4 is 5.78 Å². The van der Waals surface area contributed by atoms with Crippen LogP contribution < -0.4 is 0 Å². The highest BCUT2D eigenvalue weighted by Gasteiger charge is 2.08. The molecule has 1 rings (SSSR count). The van der Waals surface area contributed by atoms with Crippen molar-refractivity contribution in [3.63, 3.8) is 0 Å². The molecule has 0 fully saturated rings. The maximum atomic E-state index is 12.1. The van der Waals surface area contributed by atoms with E-state index in [9.17, 15) is 9.90 Å². The molecule has 2 heteroatoms. The molecule has 1 aromatic carbocycles. The number of benzene rings is 1. The minimum Gasteiger partial charge on any atom is -0.389 e. The second kappa shape index (κ2) is 9.37. The average Bonchev–Trinajstić information content (AvgIpc) is 2.45. The van der Waals surface area contributed by atoms with Gasteiger partial charge in [-0.2, -0.15) is 0 Å². The Hall–Kier alpha value is -1.67. The summed E-state index contributed by atoms with van der Waals surface area (Å²) >= 11 is 0. The van der Waals surface area contributed by atoms with Crippen molar-refractivity contribution in [2.24, 2.45) is 0 Å². The first-order valence-corrected chi connectivity index (χ1v) is 7.97. The Bertz CT molecular complexity index is 531. The quantitative estimate of drug-likeness (QED) is 0.541. The third-order valence-electron chi connectivity index (χ3n) is 3.61. The van der Waals surface area contributed by atoms with Crippen molar-refractivity contribution in [1.29, 1.82) is 0 Å². The lowest BCUT2D eigenvalue weighted by Gasteiger charge is -2.08. The van der Waals surface area contributed by atoms with E-state index in [1.807, 2.05) is 44.2 Å². The first-order chi connectivity index (χ1) is 10.4. The number of carbonyl (C=O) groups excluding carboxylic acids is 1. The van der Waals surface area contributed by atoms with Gasteiger partial charge in [0.05, 0.1) is 6.10 Å². The van der Waals surface area contributed by atoms with Gasteiger partial charge in [-0.3, -0.25) is 4.79 Å². The number of aliphatic hydroxyl groups is 1. The summed E-state index contributed by atoms with van der Waals surface area (Å²) < 4.78 is 0. The number of allylic oxidation sites excluding steroid dienone is 3. The van der Waals surface area contributed by atoms with Gasteiger partial charge in [0.25, 0.3) is 0 Å². The zero-order valence-corrected chi connectivity index (χ0v) is 14.2. The van der Waals surface area contributed by atoms with Crippen molar-refractivity contribution in [1.82, 2.24) is 0 Å². The summed E-state index contributed by atoms with van der Waals surface area (Å²) in [5.74, 6) is 0.0923. The topological polar surface area (TPSA) is 37.3 Å². The number of rotatable bonds is 8. The van der Waals surface area contributed by atoms with Gasteiger partial charge in [0.2, 0.25) is 0 Å². The number of hydrogen-bond donors (Lipinski definition) is 1. The smallest absolute Gasteiger partial charge is 0.162 e. The number of Topliss-reactive ketones (excluding diaryl/α,β-unsaturated/α-hetero) is 1. The average molecular weight is 300 g/mol. The Morgan fingerprint density at radius 1 is 1.14 bits per heavy atom. The van der Waals surface area contributed by atoms with E-state index in [0.29, 0.717) is 12.8 Å². The summed E-state index contributed by atoms with van der Waals surface area (Å²) in [4.78, 5) is 12.1. The van der Waals surface area contributed by atoms with Crippen LogP contribution in [0.1, 0.15) is 62.4 Å². The molecule has 0 spiro atoms. The van der Waals surface area contributed by atoms with Crippen LogP contribution in [0.5, 0.6) is 0 Å². The molecule has 1 atom stereocenters. The summed E-state index contributed by atoms with van der Waals surface area (Å²) in [5.41, 5.74) is 4.36. The van der Waals surface area contributed by atoms with Gasteiger partial charge >= 0.3 is 0 Å². The fraction of sp³-hybridized carbons (Fsp3) is 0.450.